The number of aryl methyl sites for hydroxylation is 1. The molecule has 3 heteroatoms. The lowest BCUT2D eigenvalue weighted by Crippen LogP contribution is -2.10. The molecule has 2 N–H and O–H groups in total. The monoisotopic (exact) mass is 223 g/mol. The quantitative estimate of drug-likeness (QED) is 0.615. The molecule has 16 heavy (non-hydrogen) atoms. The molecule has 0 amide bonds. The van der Waals surface area contributed by atoms with E-state index in [-0.39, 0.29) is 5.75 Å². The second-order valence-electron chi connectivity index (χ2n) is 3.73. The Morgan fingerprint density at radius 3 is 3.06 bits per heavy atom. The Balaban J connectivity index is 3.04. The molecule has 0 aliphatic rings. The van der Waals surface area contributed by atoms with E-state index in [0.717, 1.165) is 18.4 Å². The lowest BCUT2D eigenvalue weighted by Gasteiger charge is -2.08. The number of hydrogen-bond donors (Lipinski definition) is 1. The predicted octanol–water partition coefficient (Wildman–Crippen LogP) is 3.18. The molecule has 1 aromatic rings. The van der Waals surface area contributed by atoms with Crippen LogP contribution in [-0.4, -0.2) is 12.9 Å². The van der Waals surface area contributed by atoms with Crippen molar-refractivity contribution in [1.82, 2.24) is 0 Å². The van der Waals surface area contributed by atoms with E-state index >= 15 is 0 Å². The second-order valence-corrected chi connectivity index (χ2v) is 3.73. The fourth-order valence-corrected chi connectivity index (χ4v) is 1.42. The molecule has 0 atom stereocenters. The van der Waals surface area contributed by atoms with Gasteiger partial charge in [0.05, 0.1) is 17.0 Å². The molecule has 0 fully saturated rings. The van der Waals surface area contributed by atoms with Gasteiger partial charge in [-0.1, -0.05) is 25.5 Å². The van der Waals surface area contributed by atoms with Crippen LogP contribution in [0.5, 0.6) is 5.75 Å². The van der Waals surface area contributed by atoms with Crippen molar-refractivity contribution >= 4 is 11.5 Å². The standard InChI is InChI=1S/C13H20N2O/c1-4-5-9-12(14)15-13-10(2)7-6-8-11(13)16-3/h6-8H,4-5,9H2,1-3H3,(H2,14,15)/i3D3. The maximum absolute atomic E-state index is 7.16. The van der Waals surface area contributed by atoms with Gasteiger partial charge in [0.1, 0.15) is 11.4 Å². The first-order valence-electron chi connectivity index (χ1n) is 6.95. The third-order valence-corrected chi connectivity index (χ3v) is 2.35. The summed E-state index contributed by atoms with van der Waals surface area (Å²) in [5, 5.41) is 0. The van der Waals surface area contributed by atoms with Gasteiger partial charge in [0.25, 0.3) is 0 Å². The number of hydrogen-bond acceptors (Lipinski definition) is 2. The van der Waals surface area contributed by atoms with Gasteiger partial charge in [-0.3, -0.25) is 0 Å². The van der Waals surface area contributed by atoms with Crippen LogP contribution in [0.3, 0.4) is 0 Å². The average Bonchev–Trinajstić information content (AvgIpc) is 2.29. The average molecular weight is 223 g/mol. The van der Waals surface area contributed by atoms with Gasteiger partial charge in [-0.2, -0.15) is 0 Å². The molecule has 88 valence electrons. The molecular weight excluding hydrogens is 200 g/mol. The minimum absolute atomic E-state index is 0.236. The highest BCUT2D eigenvalue weighted by molar-refractivity contribution is 5.84. The summed E-state index contributed by atoms with van der Waals surface area (Å²) in [4.78, 5) is 4.30. The molecule has 0 saturated carbocycles. The molecule has 0 aliphatic heterocycles. The number of ether oxygens (including phenoxy) is 1. The molecular formula is C13H20N2O. The van der Waals surface area contributed by atoms with Gasteiger partial charge in [0, 0.05) is 6.42 Å². The summed E-state index contributed by atoms with van der Waals surface area (Å²) in [6.45, 7) is 3.92. The smallest absolute Gasteiger partial charge is 0.144 e. The number of nitrogens with zero attached hydrogens (tertiary/aromatic N) is 1. The topological polar surface area (TPSA) is 47.6 Å². The highest BCUT2D eigenvalue weighted by Gasteiger charge is 2.05. The summed E-state index contributed by atoms with van der Waals surface area (Å²) in [6.07, 6.45) is 2.68. The van der Waals surface area contributed by atoms with Crippen molar-refractivity contribution in [1.29, 1.82) is 0 Å². The third kappa shape index (κ3) is 3.26. The van der Waals surface area contributed by atoms with Gasteiger partial charge >= 0.3 is 0 Å². The van der Waals surface area contributed by atoms with E-state index in [1.54, 1.807) is 12.1 Å². The molecule has 3 nitrogen and oxygen atoms in total. The summed E-state index contributed by atoms with van der Waals surface area (Å²) in [7, 11) is -2.49. The van der Waals surface area contributed by atoms with Crippen LogP contribution in [0.1, 0.15) is 35.9 Å². The zero-order valence-corrected chi connectivity index (χ0v) is 9.79. The Morgan fingerprint density at radius 1 is 1.56 bits per heavy atom. The molecule has 0 radical (unpaired) electrons. The van der Waals surface area contributed by atoms with E-state index in [1.807, 2.05) is 13.0 Å². The van der Waals surface area contributed by atoms with Gasteiger partial charge in [0.15, 0.2) is 0 Å². The van der Waals surface area contributed by atoms with Crippen molar-refractivity contribution in [3.05, 3.63) is 23.8 Å². The van der Waals surface area contributed by atoms with Gasteiger partial charge in [-0.25, -0.2) is 4.99 Å². The Bertz CT molecular complexity index is 456. The van der Waals surface area contributed by atoms with Gasteiger partial charge < -0.3 is 10.5 Å². The number of para-hydroxylation sites is 1. The Hall–Kier alpha value is -1.51. The molecule has 0 unspecified atom stereocenters. The maximum Gasteiger partial charge on any atom is 0.144 e. The van der Waals surface area contributed by atoms with Crippen LogP contribution < -0.4 is 10.5 Å². The number of amidine groups is 1. The normalized spacial score (nSPS) is 15.1. The van der Waals surface area contributed by atoms with Crippen molar-refractivity contribution in [3.63, 3.8) is 0 Å². The van der Waals surface area contributed by atoms with E-state index in [9.17, 15) is 0 Å². The minimum atomic E-state index is -2.49. The summed E-state index contributed by atoms with van der Waals surface area (Å²) in [6, 6.07) is 5.17. The minimum Gasteiger partial charge on any atom is -0.494 e. The number of aliphatic imine (C=N–C) groups is 1. The molecule has 0 aliphatic carbocycles. The number of unbranched alkanes of at least 4 members (excludes halogenated alkanes) is 1. The number of nitrogens with two attached hydrogens (primary N) is 1. The van der Waals surface area contributed by atoms with Crippen LogP contribution in [-0.2, 0) is 0 Å². The maximum atomic E-state index is 7.16. The highest BCUT2D eigenvalue weighted by atomic mass is 16.5. The first-order valence-corrected chi connectivity index (χ1v) is 5.45. The van der Waals surface area contributed by atoms with Gasteiger partial charge in [0.2, 0.25) is 0 Å². The van der Waals surface area contributed by atoms with Crippen LogP contribution in [0.2, 0.25) is 0 Å². The van der Waals surface area contributed by atoms with Crippen LogP contribution >= 0.6 is 0 Å². The largest absolute Gasteiger partial charge is 0.494 e. The Kier molecular flexibility index (Phi) is 3.32. The highest BCUT2D eigenvalue weighted by Crippen LogP contribution is 2.30. The van der Waals surface area contributed by atoms with Gasteiger partial charge in [-0.05, 0) is 25.0 Å². The number of benzene rings is 1. The summed E-state index contributed by atoms with van der Waals surface area (Å²) < 4.78 is 26.4. The fraction of sp³-hybridized carbons (Fsp3) is 0.462. The van der Waals surface area contributed by atoms with Crippen LogP contribution in [0.4, 0.5) is 5.69 Å². The van der Waals surface area contributed by atoms with Crippen LogP contribution in [0.25, 0.3) is 0 Å². The second kappa shape index (κ2) is 6.16. The van der Waals surface area contributed by atoms with Crippen LogP contribution in [0, 0.1) is 6.92 Å². The summed E-state index contributed by atoms with van der Waals surface area (Å²) in [5.41, 5.74) is 7.17. The zero-order chi connectivity index (χ0) is 14.5. The predicted molar refractivity (Wildman–Crippen MR) is 68.5 cm³/mol. The van der Waals surface area contributed by atoms with Crippen molar-refractivity contribution in [3.8, 4) is 5.75 Å². The SMILES string of the molecule is [2H]C([2H])([2H])Oc1cccc(C)c1N=C(N)CCCC. The third-order valence-electron chi connectivity index (χ3n) is 2.35. The molecule has 0 heterocycles. The van der Waals surface area contributed by atoms with Crippen LogP contribution in [0.15, 0.2) is 23.2 Å². The molecule has 1 aromatic carbocycles. The molecule has 0 spiro atoms. The number of rotatable bonds is 5. The zero-order valence-electron chi connectivity index (χ0n) is 12.8. The first kappa shape index (κ1) is 8.62. The number of methoxy groups -OCH3 is 1. The fourth-order valence-electron chi connectivity index (χ4n) is 1.42. The van der Waals surface area contributed by atoms with Gasteiger partial charge in [-0.15, -0.1) is 0 Å². The first-order chi connectivity index (χ1) is 8.83. The van der Waals surface area contributed by atoms with E-state index in [0.29, 0.717) is 17.9 Å². The molecule has 0 bridgehead atoms. The molecule has 0 saturated heterocycles. The summed E-state index contributed by atoms with van der Waals surface area (Å²) in [5.74, 6) is 0.728. The lowest BCUT2D eigenvalue weighted by atomic mass is 10.2. The van der Waals surface area contributed by atoms with Crippen molar-refractivity contribution < 1.29 is 8.85 Å². The van der Waals surface area contributed by atoms with E-state index in [2.05, 4.69) is 11.9 Å². The molecule has 1 rings (SSSR count). The Morgan fingerprint density at radius 2 is 2.38 bits per heavy atom. The van der Waals surface area contributed by atoms with E-state index in [1.165, 1.54) is 0 Å². The lowest BCUT2D eigenvalue weighted by molar-refractivity contribution is 0.416. The van der Waals surface area contributed by atoms with E-state index in [4.69, 9.17) is 14.6 Å². The Labute approximate surface area is 102 Å². The van der Waals surface area contributed by atoms with Crippen molar-refractivity contribution in [2.45, 2.75) is 33.1 Å². The van der Waals surface area contributed by atoms with E-state index < -0.39 is 7.04 Å². The summed E-state index contributed by atoms with van der Waals surface area (Å²) >= 11 is 0. The van der Waals surface area contributed by atoms with Crippen molar-refractivity contribution in [2.24, 2.45) is 10.7 Å². The van der Waals surface area contributed by atoms with Crippen molar-refractivity contribution in [2.75, 3.05) is 7.04 Å². The molecule has 0 aromatic heterocycles.